The van der Waals surface area contributed by atoms with E-state index in [4.69, 9.17) is 16.7 Å². The van der Waals surface area contributed by atoms with Gasteiger partial charge >= 0.3 is 5.97 Å². The van der Waals surface area contributed by atoms with Gasteiger partial charge in [-0.2, -0.15) is 0 Å². The maximum Gasteiger partial charge on any atom is 0.345 e. The third-order valence-corrected chi connectivity index (χ3v) is 4.51. The molecule has 0 radical (unpaired) electrons. The number of benzene rings is 1. The number of aromatic carboxylic acids is 1. The molecule has 2 nitrogen and oxygen atoms in total. The second kappa shape index (κ2) is 3.67. The predicted octanol–water partition coefficient (Wildman–Crippen LogP) is 3.86. The zero-order valence-corrected chi connectivity index (χ0v) is 10.5. The zero-order valence-electron chi connectivity index (χ0n) is 6.75. The van der Waals surface area contributed by atoms with Crippen LogP contribution in [-0.2, 0) is 0 Å². The van der Waals surface area contributed by atoms with Crippen molar-refractivity contribution < 1.29 is 9.90 Å². The van der Waals surface area contributed by atoms with Gasteiger partial charge in [-0.05, 0) is 40.8 Å². The molecular formula is C9H4ClIO2S. The van der Waals surface area contributed by atoms with Gasteiger partial charge in [0.15, 0.2) is 0 Å². The Bertz CT molecular complexity index is 521. The van der Waals surface area contributed by atoms with E-state index in [9.17, 15) is 4.79 Å². The average Bonchev–Trinajstić information content (AvgIpc) is 2.56. The van der Waals surface area contributed by atoms with Crippen LogP contribution in [0.25, 0.3) is 10.1 Å². The van der Waals surface area contributed by atoms with Crippen LogP contribution in [0.4, 0.5) is 0 Å². The number of carboxylic acid groups (broad SMARTS) is 1. The summed E-state index contributed by atoms with van der Waals surface area (Å²) in [5.74, 6) is -0.905. The van der Waals surface area contributed by atoms with E-state index in [-0.39, 0.29) is 0 Å². The number of carbonyl (C=O) groups is 1. The van der Waals surface area contributed by atoms with E-state index >= 15 is 0 Å². The predicted molar refractivity (Wildman–Crippen MR) is 66.5 cm³/mol. The van der Waals surface area contributed by atoms with Crippen molar-refractivity contribution in [2.24, 2.45) is 0 Å². The molecule has 0 spiro atoms. The SMILES string of the molecule is O=C(O)c1cc2c(Cl)c(I)ccc2s1. The van der Waals surface area contributed by atoms with Gasteiger partial charge in [-0.25, -0.2) is 4.79 Å². The standard InChI is InChI=1S/C9H4ClIO2S/c10-8-4-3-7(9(12)13)14-6(4)2-1-5(8)11/h1-3H,(H,12,13). The number of fused-ring (bicyclic) bond motifs is 1. The molecule has 0 atom stereocenters. The molecule has 14 heavy (non-hydrogen) atoms. The summed E-state index contributed by atoms with van der Waals surface area (Å²) in [6, 6.07) is 5.39. The van der Waals surface area contributed by atoms with Crippen LogP contribution in [0.5, 0.6) is 0 Å². The van der Waals surface area contributed by atoms with E-state index in [0.717, 1.165) is 13.7 Å². The van der Waals surface area contributed by atoms with E-state index < -0.39 is 5.97 Å². The molecule has 1 N–H and O–H groups in total. The Hall–Kier alpha value is -0.330. The molecule has 72 valence electrons. The number of halogens is 2. The van der Waals surface area contributed by atoms with Gasteiger partial charge in [-0.15, -0.1) is 11.3 Å². The van der Waals surface area contributed by atoms with Crippen LogP contribution in [0, 0.1) is 3.57 Å². The Morgan fingerprint density at radius 2 is 2.21 bits per heavy atom. The van der Waals surface area contributed by atoms with Crippen LogP contribution in [0.15, 0.2) is 18.2 Å². The first-order valence-corrected chi connectivity index (χ1v) is 5.98. The van der Waals surface area contributed by atoms with Crippen molar-refractivity contribution in [2.45, 2.75) is 0 Å². The van der Waals surface area contributed by atoms with Crippen molar-refractivity contribution >= 4 is 61.6 Å². The fraction of sp³-hybridized carbons (Fsp3) is 0. The highest BCUT2D eigenvalue weighted by atomic mass is 127. The second-order valence-corrected chi connectivity index (χ2v) is 5.31. The lowest BCUT2D eigenvalue weighted by molar-refractivity contribution is 0.0702. The molecule has 2 rings (SSSR count). The lowest BCUT2D eigenvalue weighted by Gasteiger charge is -1.95. The molecule has 0 saturated carbocycles. The summed E-state index contributed by atoms with van der Waals surface area (Å²) in [5, 5.41) is 10.3. The molecule has 1 heterocycles. The third-order valence-electron chi connectivity index (χ3n) is 1.80. The molecule has 1 aromatic heterocycles. The highest BCUT2D eigenvalue weighted by molar-refractivity contribution is 14.1. The van der Waals surface area contributed by atoms with E-state index in [1.807, 2.05) is 12.1 Å². The van der Waals surface area contributed by atoms with Crippen molar-refractivity contribution in [3.8, 4) is 0 Å². The first-order valence-electron chi connectivity index (χ1n) is 3.70. The number of thiophene rings is 1. The maximum atomic E-state index is 10.7. The smallest absolute Gasteiger partial charge is 0.345 e. The van der Waals surface area contributed by atoms with E-state index in [1.165, 1.54) is 11.3 Å². The topological polar surface area (TPSA) is 37.3 Å². The molecule has 0 aliphatic rings. The van der Waals surface area contributed by atoms with Gasteiger partial charge < -0.3 is 5.11 Å². The quantitative estimate of drug-likeness (QED) is 0.802. The summed E-state index contributed by atoms with van der Waals surface area (Å²) in [5.41, 5.74) is 0. The Morgan fingerprint density at radius 1 is 1.50 bits per heavy atom. The van der Waals surface area contributed by atoms with E-state index in [1.54, 1.807) is 6.07 Å². The van der Waals surface area contributed by atoms with Crippen molar-refractivity contribution in [1.29, 1.82) is 0 Å². The minimum atomic E-state index is -0.905. The molecule has 1 aromatic carbocycles. The fourth-order valence-corrected chi connectivity index (χ4v) is 2.81. The first kappa shape index (κ1) is 10.2. The highest BCUT2D eigenvalue weighted by Crippen LogP contribution is 2.34. The van der Waals surface area contributed by atoms with E-state index in [2.05, 4.69) is 22.6 Å². The number of hydrogen-bond donors (Lipinski definition) is 1. The van der Waals surface area contributed by atoms with Crippen LogP contribution in [0.2, 0.25) is 5.02 Å². The third kappa shape index (κ3) is 1.62. The van der Waals surface area contributed by atoms with Crippen LogP contribution in [-0.4, -0.2) is 11.1 Å². The van der Waals surface area contributed by atoms with Gasteiger partial charge in [-0.3, -0.25) is 0 Å². The Morgan fingerprint density at radius 3 is 2.86 bits per heavy atom. The van der Waals surface area contributed by atoms with Gasteiger partial charge in [0.1, 0.15) is 4.88 Å². The van der Waals surface area contributed by atoms with Crippen molar-refractivity contribution in [1.82, 2.24) is 0 Å². The second-order valence-electron chi connectivity index (χ2n) is 2.69. The molecule has 0 aliphatic carbocycles. The minimum absolute atomic E-state index is 0.323. The van der Waals surface area contributed by atoms with Gasteiger partial charge in [-0.1, -0.05) is 11.6 Å². The summed E-state index contributed by atoms with van der Waals surface area (Å²) >= 11 is 9.42. The first-order chi connectivity index (χ1) is 6.59. The highest BCUT2D eigenvalue weighted by Gasteiger charge is 2.11. The largest absolute Gasteiger partial charge is 0.477 e. The van der Waals surface area contributed by atoms with Crippen molar-refractivity contribution in [3.05, 3.63) is 31.7 Å². The lowest BCUT2D eigenvalue weighted by atomic mass is 10.2. The van der Waals surface area contributed by atoms with Gasteiger partial charge in [0.2, 0.25) is 0 Å². The van der Waals surface area contributed by atoms with Gasteiger partial charge in [0.05, 0.1) is 5.02 Å². The number of carboxylic acids is 1. The van der Waals surface area contributed by atoms with Crippen molar-refractivity contribution in [3.63, 3.8) is 0 Å². The lowest BCUT2D eigenvalue weighted by Crippen LogP contribution is -1.89. The number of rotatable bonds is 1. The van der Waals surface area contributed by atoms with Gasteiger partial charge in [0.25, 0.3) is 0 Å². The molecule has 2 aromatic rings. The molecule has 0 saturated heterocycles. The Labute approximate surface area is 103 Å². The summed E-state index contributed by atoms with van der Waals surface area (Å²) < 4.78 is 1.85. The monoisotopic (exact) mass is 338 g/mol. The normalized spacial score (nSPS) is 10.7. The molecule has 0 bridgehead atoms. The summed E-state index contributed by atoms with van der Waals surface area (Å²) in [6.07, 6.45) is 0. The molecule has 0 aliphatic heterocycles. The fourth-order valence-electron chi connectivity index (χ4n) is 1.16. The van der Waals surface area contributed by atoms with Crippen LogP contribution >= 0.6 is 45.5 Å². The molecular weight excluding hydrogens is 335 g/mol. The summed E-state index contributed by atoms with van der Waals surface area (Å²) in [4.78, 5) is 11.1. The summed E-state index contributed by atoms with van der Waals surface area (Å²) in [6.45, 7) is 0. The molecule has 0 fully saturated rings. The Kier molecular flexibility index (Phi) is 2.68. The van der Waals surface area contributed by atoms with Gasteiger partial charge in [0, 0.05) is 13.7 Å². The van der Waals surface area contributed by atoms with E-state index in [0.29, 0.717) is 9.90 Å². The number of hydrogen-bond acceptors (Lipinski definition) is 2. The van der Waals surface area contributed by atoms with Crippen LogP contribution in [0.3, 0.4) is 0 Å². The summed E-state index contributed by atoms with van der Waals surface area (Å²) in [7, 11) is 0. The molecule has 0 amide bonds. The molecule has 5 heteroatoms. The average molecular weight is 339 g/mol. The zero-order chi connectivity index (χ0) is 10.3. The van der Waals surface area contributed by atoms with Crippen LogP contribution < -0.4 is 0 Å². The maximum absolute atomic E-state index is 10.7. The molecule has 0 unspecified atom stereocenters. The Balaban J connectivity index is 2.77. The minimum Gasteiger partial charge on any atom is -0.477 e. The van der Waals surface area contributed by atoms with Crippen molar-refractivity contribution in [2.75, 3.05) is 0 Å². The van der Waals surface area contributed by atoms with Crippen LogP contribution in [0.1, 0.15) is 9.67 Å².